The quantitative estimate of drug-likeness (QED) is 0.552. The fraction of sp³-hybridized carbons (Fsp3) is 0.304. The molecule has 1 saturated heterocycles. The van der Waals surface area contributed by atoms with E-state index >= 15 is 0 Å². The second-order valence-corrected chi connectivity index (χ2v) is 8.44. The molecule has 1 aliphatic rings. The molecule has 4 heterocycles. The van der Waals surface area contributed by atoms with Crippen LogP contribution in [0.5, 0.6) is 0 Å². The summed E-state index contributed by atoms with van der Waals surface area (Å²) in [4.78, 5) is 45.9. The van der Waals surface area contributed by atoms with Crippen molar-refractivity contribution in [2.45, 2.75) is 13.3 Å². The first-order chi connectivity index (χ1) is 16.0. The molecule has 0 spiro atoms. The number of amides is 2. The number of carbonyl (C=O) groups is 3. The number of furan rings is 1. The van der Waals surface area contributed by atoms with Gasteiger partial charge in [0.2, 0.25) is 0 Å². The van der Waals surface area contributed by atoms with Crippen LogP contribution in [0.1, 0.15) is 43.9 Å². The zero-order valence-corrected chi connectivity index (χ0v) is 19.0. The van der Waals surface area contributed by atoms with Gasteiger partial charge in [-0.25, -0.2) is 9.78 Å². The van der Waals surface area contributed by atoms with Crippen LogP contribution < -0.4 is 10.2 Å². The van der Waals surface area contributed by atoms with Crippen molar-refractivity contribution < 1.29 is 23.5 Å². The lowest BCUT2D eigenvalue weighted by molar-refractivity contribution is 0.0525. The van der Waals surface area contributed by atoms with Crippen molar-refractivity contribution in [3.05, 3.63) is 65.1 Å². The second-order valence-electron chi connectivity index (χ2n) is 7.35. The van der Waals surface area contributed by atoms with E-state index in [-0.39, 0.29) is 23.5 Å². The Balaban J connectivity index is 1.35. The third-order valence-electron chi connectivity index (χ3n) is 5.16. The van der Waals surface area contributed by atoms with Crippen LogP contribution >= 0.6 is 11.3 Å². The number of nitrogens with one attached hydrogen (secondary N) is 1. The highest BCUT2D eigenvalue weighted by Crippen LogP contribution is 2.25. The number of aromatic nitrogens is 1. The molecule has 3 aromatic heterocycles. The van der Waals surface area contributed by atoms with Crippen LogP contribution in [0.4, 0.5) is 10.8 Å². The van der Waals surface area contributed by atoms with Crippen molar-refractivity contribution in [3.8, 4) is 0 Å². The van der Waals surface area contributed by atoms with Gasteiger partial charge < -0.3 is 24.3 Å². The van der Waals surface area contributed by atoms with E-state index in [1.165, 1.54) is 23.8 Å². The Morgan fingerprint density at radius 3 is 2.73 bits per heavy atom. The van der Waals surface area contributed by atoms with Gasteiger partial charge in [-0.1, -0.05) is 0 Å². The number of nitrogens with zero attached hydrogens (tertiary/aromatic N) is 3. The Hall–Kier alpha value is -3.66. The van der Waals surface area contributed by atoms with Crippen LogP contribution in [0.25, 0.3) is 0 Å². The third kappa shape index (κ3) is 5.40. The Bertz CT molecular complexity index is 1110. The summed E-state index contributed by atoms with van der Waals surface area (Å²) in [7, 11) is 0. The standard InChI is InChI=1S/C23H24N4O5S/c1-2-31-23(30)16-6-8-19(24-15-16)26-10-4-11-27(13-12-26)22(29)18-7-9-20(33-18)25-21(28)17-5-3-14-32-17/h3,5-9,14-15H,2,4,10-13H2,1H3,(H,25,28). The van der Waals surface area contributed by atoms with E-state index in [4.69, 9.17) is 9.15 Å². The minimum atomic E-state index is -0.389. The molecule has 0 saturated carbocycles. The summed E-state index contributed by atoms with van der Waals surface area (Å²) in [6.45, 7) is 4.64. The monoisotopic (exact) mass is 468 g/mol. The summed E-state index contributed by atoms with van der Waals surface area (Å²) in [5.41, 5.74) is 0.417. The molecule has 3 aromatic rings. The Kier molecular flexibility index (Phi) is 7.04. The lowest BCUT2D eigenvalue weighted by Gasteiger charge is -2.22. The van der Waals surface area contributed by atoms with Gasteiger partial charge in [0.1, 0.15) is 5.82 Å². The summed E-state index contributed by atoms with van der Waals surface area (Å²) in [5, 5.41) is 3.33. The average Bonchev–Trinajstić information content (AvgIpc) is 3.47. The molecule has 1 N–H and O–H groups in total. The summed E-state index contributed by atoms with van der Waals surface area (Å²) >= 11 is 1.24. The highest BCUT2D eigenvalue weighted by Gasteiger charge is 2.23. The lowest BCUT2D eigenvalue weighted by Crippen LogP contribution is -2.35. The smallest absolute Gasteiger partial charge is 0.339 e. The van der Waals surface area contributed by atoms with Crippen molar-refractivity contribution in [2.24, 2.45) is 0 Å². The largest absolute Gasteiger partial charge is 0.462 e. The number of hydrogen-bond donors (Lipinski definition) is 1. The van der Waals surface area contributed by atoms with Crippen LogP contribution in [0.3, 0.4) is 0 Å². The van der Waals surface area contributed by atoms with E-state index in [9.17, 15) is 14.4 Å². The molecule has 33 heavy (non-hydrogen) atoms. The molecule has 1 fully saturated rings. The van der Waals surface area contributed by atoms with Gasteiger partial charge in [-0.3, -0.25) is 9.59 Å². The molecule has 0 unspecified atom stereocenters. The maximum atomic E-state index is 13.0. The predicted molar refractivity (Wildman–Crippen MR) is 124 cm³/mol. The normalized spacial score (nSPS) is 14.0. The molecular formula is C23H24N4O5S. The molecule has 4 rings (SSSR count). The molecule has 0 bridgehead atoms. The molecule has 0 atom stereocenters. The van der Waals surface area contributed by atoms with Crippen molar-refractivity contribution in [1.82, 2.24) is 9.88 Å². The van der Waals surface area contributed by atoms with Crippen molar-refractivity contribution in [1.29, 1.82) is 0 Å². The van der Waals surface area contributed by atoms with Crippen LogP contribution in [-0.4, -0.2) is 60.5 Å². The maximum Gasteiger partial charge on any atom is 0.339 e. The van der Waals surface area contributed by atoms with E-state index < -0.39 is 0 Å². The van der Waals surface area contributed by atoms with E-state index in [1.807, 2.05) is 4.90 Å². The molecule has 2 amide bonds. The Labute approximate surface area is 195 Å². The van der Waals surface area contributed by atoms with Gasteiger partial charge in [-0.05, 0) is 49.7 Å². The van der Waals surface area contributed by atoms with Gasteiger partial charge in [0.05, 0.1) is 28.3 Å². The fourth-order valence-electron chi connectivity index (χ4n) is 3.52. The Morgan fingerprint density at radius 2 is 2.00 bits per heavy atom. The summed E-state index contributed by atoms with van der Waals surface area (Å²) < 4.78 is 10.1. The first-order valence-corrected chi connectivity index (χ1v) is 11.5. The van der Waals surface area contributed by atoms with E-state index in [2.05, 4.69) is 15.2 Å². The van der Waals surface area contributed by atoms with E-state index in [1.54, 1.807) is 43.3 Å². The zero-order valence-electron chi connectivity index (χ0n) is 18.2. The van der Waals surface area contributed by atoms with Gasteiger partial charge in [-0.2, -0.15) is 0 Å². The summed E-state index contributed by atoms with van der Waals surface area (Å²) in [5.74, 6) is 0.169. The molecule has 0 aliphatic carbocycles. The van der Waals surface area contributed by atoms with Gasteiger partial charge in [0.25, 0.3) is 11.8 Å². The van der Waals surface area contributed by atoms with Gasteiger partial charge in [0.15, 0.2) is 5.76 Å². The molecule has 9 nitrogen and oxygen atoms in total. The van der Waals surface area contributed by atoms with Gasteiger partial charge in [0, 0.05) is 32.4 Å². The molecule has 0 radical (unpaired) electrons. The third-order valence-corrected chi connectivity index (χ3v) is 6.15. The summed E-state index contributed by atoms with van der Waals surface area (Å²) in [6.07, 6.45) is 3.75. The highest BCUT2D eigenvalue weighted by molar-refractivity contribution is 7.18. The number of hydrogen-bond acceptors (Lipinski definition) is 8. The minimum absolute atomic E-state index is 0.0639. The van der Waals surface area contributed by atoms with Gasteiger partial charge in [-0.15, -0.1) is 11.3 Å². The number of thiophene rings is 1. The first kappa shape index (κ1) is 22.5. The zero-order chi connectivity index (χ0) is 23.2. The average molecular weight is 469 g/mol. The van der Waals surface area contributed by atoms with Crippen LogP contribution in [0.2, 0.25) is 0 Å². The van der Waals surface area contributed by atoms with Gasteiger partial charge >= 0.3 is 5.97 Å². The number of anilines is 2. The van der Waals surface area contributed by atoms with Crippen molar-refractivity contribution in [3.63, 3.8) is 0 Å². The van der Waals surface area contributed by atoms with E-state index in [0.717, 1.165) is 18.8 Å². The van der Waals surface area contributed by atoms with Crippen LogP contribution in [0, 0.1) is 0 Å². The maximum absolute atomic E-state index is 13.0. The minimum Gasteiger partial charge on any atom is -0.462 e. The first-order valence-electron chi connectivity index (χ1n) is 10.7. The Morgan fingerprint density at radius 1 is 1.12 bits per heavy atom. The fourth-order valence-corrected chi connectivity index (χ4v) is 4.38. The number of esters is 1. The van der Waals surface area contributed by atoms with Crippen LogP contribution in [0.15, 0.2) is 53.3 Å². The van der Waals surface area contributed by atoms with E-state index in [0.29, 0.717) is 41.7 Å². The van der Waals surface area contributed by atoms with Crippen LogP contribution in [-0.2, 0) is 4.74 Å². The second kappa shape index (κ2) is 10.3. The number of pyridine rings is 1. The summed E-state index contributed by atoms with van der Waals surface area (Å²) in [6, 6.07) is 10.2. The SMILES string of the molecule is CCOC(=O)c1ccc(N2CCCN(C(=O)c3ccc(NC(=O)c4ccco4)s3)CC2)nc1. The molecular weight excluding hydrogens is 444 g/mol. The number of rotatable bonds is 6. The predicted octanol–water partition coefficient (Wildman–Crippen LogP) is 3.52. The molecule has 172 valence electrons. The van der Waals surface area contributed by atoms with Crippen molar-refractivity contribution >= 4 is 39.9 Å². The molecule has 10 heteroatoms. The van der Waals surface area contributed by atoms with Crippen molar-refractivity contribution in [2.75, 3.05) is 43.0 Å². The molecule has 0 aromatic carbocycles. The lowest BCUT2D eigenvalue weighted by atomic mass is 10.2. The topological polar surface area (TPSA) is 105 Å². The number of carbonyl (C=O) groups excluding carboxylic acids is 3. The highest BCUT2D eigenvalue weighted by atomic mass is 32.1. The molecule has 1 aliphatic heterocycles. The number of ether oxygens (including phenoxy) is 1.